The molecular weight excluding hydrogens is 352 g/mol. The molecule has 0 unspecified atom stereocenters. The van der Waals surface area contributed by atoms with E-state index < -0.39 is 36.2 Å². The Morgan fingerprint density at radius 2 is 1.52 bits per heavy atom. The van der Waals surface area contributed by atoms with Crippen LogP contribution < -0.4 is 0 Å². The van der Waals surface area contributed by atoms with Gasteiger partial charge in [-0.2, -0.15) is 0 Å². The first kappa shape index (κ1) is 18.3. The van der Waals surface area contributed by atoms with Crippen LogP contribution in [0.1, 0.15) is 71.1 Å². The van der Waals surface area contributed by atoms with Crippen LogP contribution in [0.25, 0.3) is 0 Å². The van der Waals surface area contributed by atoms with Gasteiger partial charge in [-0.15, -0.1) is 0 Å². The quantitative estimate of drug-likeness (QED) is 0.680. The van der Waals surface area contributed by atoms with Gasteiger partial charge in [-0.05, 0) is 25.7 Å². The van der Waals surface area contributed by atoms with E-state index in [0.717, 1.165) is 51.4 Å². The lowest BCUT2D eigenvalue weighted by atomic mass is 9.94. The third-order valence-electron chi connectivity index (χ3n) is 6.66. The van der Waals surface area contributed by atoms with Gasteiger partial charge in [-0.25, -0.2) is 0 Å². The third-order valence-corrected chi connectivity index (χ3v) is 6.66. The fourth-order valence-electron chi connectivity index (χ4n) is 5.40. The minimum Gasteiger partial charge on any atom is -0.457 e. The molecule has 0 aromatic heterocycles. The summed E-state index contributed by atoms with van der Waals surface area (Å²) in [7, 11) is 0. The van der Waals surface area contributed by atoms with E-state index in [1.54, 1.807) is 0 Å². The Hall–Kier alpha value is -0.730. The summed E-state index contributed by atoms with van der Waals surface area (Å²) in [5.74, 6) is -1.40. The smallest absolute Gasteiger partial charge is 0.303 e. The second-order valence-electron chi connectivity index (χ2n) is 8.65. The van der Waals surface area contributed by atoms with Crippen LogP contribution in [-0.2, 0) is 33.2 Å². The van der Waals surface area contributed by atoms with E-state index >= 15 is 0 Å². The molecule has 27 heavy (non-hydrogen) atoms. The van der Waals surface area contributed by atoms with E-state index in [1.807, 2.05) is 0 Å². The lowest BCUT2D eigenvalue weighted by Gasteiger charge is -2.35. The Bertz CT molecular complexity index is 567. The molecule has 5 atom stereocenters. The zero-order valence-electron chi connectivity index (χ0n) is 16.0. The van der Waals surface area contributed by atoms with Crippen molar-refractivity contribution in [1.29, 1.82) is 0 Å². The van der Waals surface area contributed by atoms with Crippen LogP contribution in [0.4, 0.5) is 0 Å². The zero-order valence-corrected chi connectivity index (χ0v) is 16.0. The van der Waals surface area contributed by atoms with Gasteiger partial charge in [0.25, 0.3) is 0 Å². The second-order valence-corrected chi connectivity index (χ2v) is 8.65. The van der Waals surface area contributed by atoms with E-state index in [9.17, 15) is 4.79 Å². The molecule has 152 valence electrons. The predicted molar refractivity (Wildman–Crippen MR) is 92.6 cm³/mol. The normalized spacial score (nSPS) is 42.5. The Morgan fingerprint density at radius 1 is 0.852 bits per heavy atom. The van der Waals surface area contributed by atoms with E-state index in [-0.39, 0.29) is 12.1 Å². The maximum Gasteiger partial charge on any atom is 0.303 e. The van der Waals surface area contributed by atoms with E-state index in [2.05, 4.69) is 0 Å². The van der Waals surface area contributed by atoms with Crippen LogP contribution in [0.3, 0.4) is 0 Å². The van der Waals surface area contributed by atoms with E-state index in [4.69, 9.17) is 28.4 Å². The van der Waals surface area contributed by atoms with Gasteiger partial charge in [-0.3, -0.25) is 4.79 Å². The Labute approximate surface area is 159 Å². The average molecular weight is 382 g/mol. The Balaban J connectivity index is 1.31. The molecule has 0 N–H and O–H groups in total. The highest BCUT2D eigenvalue weighted by molar-refractivity contribution is 5.66. The Morgan fingerprint density at radius 3 is 2.19 bits per heavy atom. The second kappa shape index (κ2) is 6.95. The van der Waals surface area contributed by atoms with Gasteiger partial charge in [0.05, 0.1) is 6.61 Å². The van der Waals surface area contributed by atoms with Crippen molar-refractivity contribution in [3.05, 3.63) is 0 Å². The summed E-state index contributed by atoms with van der Waals surface area (Å²) < 4.78 is 36.8. The van der Waals surface area contributed by atoms with Crippen LogP contribution in [0, 0.1) is 0 Å². The van der Waals surface area contributed by atoms with Gasteiger partial charge in [-0.1, -0.05) is 12.8 Å². The van der Waals surface area contributed by atoms with Crippen molar-refractivity contribution >= 4 is 5.97 Å². The van der Waals surface area contributed by atoms with E-state index in [1.165, 1.54) is 19.8 Å². The van der Waals surface area contributed by atoms with Gasteiger partial charge in [0, 0.05) is 32.6 Å². The molecule has 0 radical (unpaired) electrons. The SMILES string of the molecule is CC(=O)O[C@H]1[C@@H]2OC3(CCCCC3)O[C@@H]2O[C@H]1[C@@H]1COC2(CCCCC2)O1. The van der Waals surface area contributed by atoms with Crippen LogP contribution in [0.5, 0.6) is 0 Å². The van der Waals surface area contributed by atoms with Crippen LogP contribution in [0.15, 0.2) is 0 Å². The van der Waals surface area contributed by atoms with Crippen LogP contribution >= 0.6 is 0 Å². The number of rotatable bonds is 2. The molecule has 0 amide bonds. The first-order chi connectivity index (χ1) is 13.1. The third kappa shape index (κ3) is 3.31. The van der Waals surface area contributed by atoms with Crippen molar-refractivity contribution in [2.45, 2.75) is 113 Å². The highest BCUT2D eigenvalue weighted by atomic mass is 16.9. The number of carbonyl (C=O) groups excluding carboxylic acids is 1. The summed E-state index contributed by atoms with van der Waals surface area (Å²) in [6.45, 7) is 1.87. The lowest BCUT2D eigenvalue weighted by molar-refractivity contribution is -0.261. The van der Waals surface area contributed by atoms with Gasteiger partial charge >= 0.3 is 5.97 Å². The van der Waals surface area contributed by atoms with Gasteiger partial charge in [0.15, 0.2) is 30.1 Å². The van der Waals surface area contributed by atoms with Crippen LogP contribution in [-0.4, -0.2) is 54.9 Å². The maximum absolute atomic E-state index is 11.8. The van der Waals surface area contributed by atoms with Crippen molar-refractivity contribution < 1.29 is 33.2 Å². The molecular formula is C20H30O7. The summed E-state index contributed by atoms with van der Waals surface area (Å²) in [4.78, 5) is 11.8. The lowest BCUT2D eigenvalue weighted by Crippen LogP contribution is -2.46. The predicted octanol–water partition coefficient (Wildman–Crippen LogP) is 2.79. The van der Waals surface area contributed by atoms with Gasteiger partial charge < -0.3 is 28.4 Å². The van der Waals surface area contributed by atoms with Crippen molar-refractivity contribution in [2.75, 3.05) is 6.61 Å². The first-order valence-electron chi connectivity index (χ1n) is 10.6. The number of hydrogen-bond acceptors (Lipinski definition) is 7. The maximum atomic E-state index is 11.8. The van der Waals surface area contributed by atoms with E-state index in [0.29, 0.717) is 6.61 Å². The number of ether oxygens (including phenoxy) is 6. The fraction of sp³-hybridized carbons (Fsp3) is 0.950. The molecule has 5 aliphatic rings. The number of hydrogen-bond donors (Lipinski definition) is 0. The molecule has 2 aliphatic carbocycles. The number of carbonyl (C=O) groups is 1. The zero-order chi connectivity index (χ0) is 18.5. The molecule has 2 saturated carbocycles. The fourth-order valence-corrected chi connectivity index (χ4v) is 5.40. The minimum absolute atomic E-state index is 0.271. The summed E-state index contributed by atoms with van der Waals surface area (Å²) in [5.41, 5.74) is 0. The van der Waals surface area contributed by atoms with Crippen LogP contribution in [0.2, 0.25) is 0 Å². The number of fused-ring (bicyclic) bond motifs is 1. The van der Waals surface area contributed by atoms with Crippen molar-refractivity contribution in [3.63, 3.8) is 0 Å². The monoisotopic (exact) mass is 382 g/mol. The largest absolute Gasteiger partial charge is 0.457 e. The molecule has 5 fully saturated rings. The molecule has 3 heterocycles. The molecule has 0 aromatic rings. The topological polar surface area (TPSA) is 72.5 Å². The van der Waals surface area contributed by atoms with Gasteiger partial charge in [0.1, 0.15) is 12.2 Å². The molecule has 7 nitrogen and oxygen atoms in total. The molecule has 5 rings (SSSR count). The summed E-state index contributed by atoms with van der Waals surface area (Å²) in [5, 5.41) is 0. The molecule has 3 aliphatic heterocycles. The van der Waals surface area contributed by atoms with Crippen molar-refractivity contribution in [3.8, 4) is 0 Å². The van der Waals surface area contributed by atoms with Gasteiger partial charge in [0.2, 0.25) is 0 Å². The highest BCUT2D eigenvalue weighted by Crippen LogP contribution is 2.48. The molecule has 3 saturated heterocycles. The molecule has 0 bridgehead atoms. The van der Waals surface area contributed by atoms with Crippen molar-refractivity contribution in [1.82, 2.24) is 0 Å². The molecule has 7 heteroatoms. The van der Waals surface area contributed by atoms with Crippen molar-refractivity contribution in [2.24, 2.45) is 0 Å². The highest BCUT2D eigenvalue weighted by Gasteiger charge is 2.62. The Kier molecular flexibility index (Phi) is 4.71. The molecule has 2 spiro atoms. The standard InChI is InChI=1S/C20H30O7/c1-13(21)23-16-15(14-12-22-19(25-14)8-4-2-5-9-19)24-18-17(16)26-20(27-18)10-6-3-7-11-20/h14-18H,2-12H2,1H3/t14-,15-,16+,17-,18-/m0/s1. The number of esters is 1. The average Bonchev–Trinajstić information content (AvgIpc) is 3.29. The first-order valence-corrected chi connectivity index (χ1v) is 10.6. The minimum atomic E-state index is -0.575. The summed E-state index contributed by atoms with van der Waals surface area (Å²) >= 11 is 0. The summed E-state index contributed by atoms with van der Waals surface area (Å²) in [6.07, 6.45) is 8.27. The summed E-state index contributed by atoms with van der Waals surface area (Å²) in [6, 6.07) is 0. The molecule has 0 aromatic carbocycles.